The van der Waals surface area contributed by atoms with E-state index in [1.807, 2.05) is 6.07 Å². The van der Waals surface area contributed by atoms with Crippen molar-refractivity contribution in [2.24, 2.45) is 4.99 Å². The lowest BCUT2D eigenvalue weighted by Gasteiger charge is -2.28. The summed E-state index contributed by atoms with van der Waals surface area (Å²) in [6.07, 6.45) is 0.788. The molecule has 33 heavy (non-hydrogen) atoms. The average molecular weight is 505 g/mol. The largest absolute Gasteiger partial charge is 0.378 e. The minimum absolute atomic E-state index is 0.0258. The number of ether oxygens (including phenoxy) is 1. The highest BCUT2D eigenvalue weighted by molar-refractivity contribution is 7.07. The number of benzene rings is 2. The maximum atomic E-state index is 11.3. The second-order valence-corrected chi connectivity index (χ2v) is 9.43. The predicted octanol–water partition coefficient (Wildman–Crippen LogP) is 5.12. The molecule has 0 radical (unpaired) electrons. The smallest absolute Gasteiger partial charge is 0.216 e. The minimum Gasteiger partial charge on any atom is -0.378 e. The summed E-state index contributed by atoms with van der Waals surface area (Å²) in [5, 5.41) is 6.07. The van der Waals surface area contributed by atoms with Crippen molar-refractivity contribution < 1.29 is 9.53 Å². The van der Waals surface area contributed by atoms with Gasteiger partial charge in [-0.05, 0) is 42.3 Å². The Morgan fingerprint density at radius 2 is 1.91 bits per heavy atom. The molecule has 1 aliphatic rings. The first kappa shape index (κ1) is 23.8. The molecule has 2 aromatic carbocycles. The molecule has 0 atom stereocenters. The molecule has 0 unspecified atom stereocenters. The molecule has 1 N–H and O–H groups in total. The van der Waals surface area contributed by atoms with Gasteiger partial charge in [-0.15, -0.1) is 11.3 Å². The van der Waals surface area contributed by atoms with Crippen LogP contribution in [0.25, 0.3) is 11.3 Å². The molecular weight excluding hydrogens is 479 g/mol. The van der Waals surface area contributed by atoms with Crippen molar-refractivity contribution in [1.82, 2.24) is 9.88 Å². The van der Waals surface area contributed by atoms with Crippen molar-refractivity contribution in [2.75, 3.05) is 37.7 Å². The van der Waals surface area contributed by atoms with E-state index in [4.69, 9.17) is 32.9 Å². The fourth-order valence-corrected chi connectivity index (χ4v) is 5.11. The Hall–Kier alpha value is -2.32. The van der Waals surface area contributed by atoms with Gasteiger partial charge in [0.2, 0.25) is 5.91 Å². The Balaban J connectivity index is 1.65. The molecule has 0 saturated carbocycles. The van der Waals surface area contributed by atoms with Gasteiger partial charge < -0.3 is 19.5 Å². The SMILES string of the molecule is CC(=O)NCCCn1c(-c2ccc(N3CCOCC3)cc2)csc1=Nc1ccc(Cl)cc1Cl. The van der Waals surface area contributed by atoms with E-state index < -0.39 is 0 Å². The zero-order valence-electron chi connectivity index (χ0n) is 18.4. The van der Waals surface area contributed by atoms with Gasteiger partial charge in [0, 0.05) is 49.2 Å². The second kappa shape index (κ2) is 11.2. The van der Waals surface area contributed by atoms with E-state index in [0.29, 0.717) is 28.8 Å². The highest BCUT2D eigenvalue weighted by Crippen LogP contribution is 2.29. The molecule has 1 saturated heterocycles. The van der Waals surface area contributed by atoms with Gasteiger partial charge in [-0.1, -0.05) is 35.3 Å². The number of morpholine rings is 1. The Labute approximate surface area is 207 Å². The van der Waals surface area contributed by atoms with Crippen LogP contribution in [0.1, 0.15) is 13.3 Å². The number of nitrogens with one attached hydrogen (secondary N) is 1. The first-order chi connectivity index (χ1) is 16.0. The lowest BCUT2D eigenvalue weighted by atomic mass is 10.1. The maximum Gasteiger partial charge on any atom is 0.216 e. The van der Waals surface area contributed by atoms with Gasteiger partial charge in [0.1, 0.15) is 0 Å². The Morgan fingerprint density at radius 1 is 1.15 bits per heavy atom. The van der Waals surface area contributed by atoms with Crippen LogP contribution in [0.4, 0.5) is 11.4 Å². The number of halogens is 2. The van der Waals surface area contributed by atoms with E-state index in [2.05, 4.69) is 44.4 Å². The number of aromatic nitrogens is 1. The second-order valence-electron chi connectivity index (χ2n) is 7.75. The first-order valence-corrected chi connectivity index (χ1v) is 12.5. The molecule has 6 nitrogen and oxygen atoms in total. The third kappa shape index (κ3) is 6.18. The van der Waals surface area contributed by atoms with Gasteiger partial charge in [0.05, 0.1) is 29.6 Å². The Kier molecular flexibility index (Phi) is 8.09. The zero-order valence-corrected chi connectivity index (χ0v) is 20.7. The van der Waals surface area contributed by atoms with E-state index in [1.54, 1.807) is 23.5 Å². The Bertz CT molecular complexity index is 1170. The van der Waals surface area contributed by atoms with Crippen LogP contribution in [0.3, 0.4) is 0 Å². The molecule has 0 aliphatic carbocycles. The van der Waals surface area contributed by atoms with Gasteiger partial charge in [-0.2, -0.15) is 0 Å². The third-order valence-corrected chi connectivity index (χ3v) is 6.80. The normalized spacial score (nSPS) is 14.5. The zero-order chi connectivity index (χ0) is 23.2. The Morgan fingerprint density at radius 3 is 2.61 bits per heavy atom. The van der Waals surface area contributed by atoms with Crippen LogP contribution < -0.4 is 15.0 Å². The lowest BCUT2D eigenvalue weighted by molar-refractivity contribution is -0.118. The van der Waals surface area contributed by atoms with E-state index in [-0.39, 0.29) is 5.91 Å². The molecule has 1 amide bonds. The van der Waals surface area contributed by atoms with Crippen LogP contribution in [-0.4, -0.2) is 43.3 Å². The highest BCUT2D eigenvalue weighted by atomic mass is 35.5. The van der Waals surface area contributed by atoms with Crippen LogP contribution in [0.15, 0.2) is 52.8 Å². The van der Waals surface area contributed by atoms with E-state index in [9.17, 15) is 4.79 Å². The average Bonchev–Trinajstić information content (AvgIpc) is 3.21. The van der Waals surface area contributed by atoms with Gasteiger partial charge in [0.15, 0.2) is 4.80 Å². The third-order valence-electron chi connectivity index (χ3n) is 5.40. The fourth-order valence-electron chi connectivity index (χ4n) is 3.71. The van der Waals surface area contributed by atoms with Crippen molar-refractivity contribution in [3.63, 3.8) is 0 Å². The standard InChI is InChI=1S/C24H26Cl2N4O2S/c1-17(31)27-9-2-10-30-23(16-33-24(30)28-22-8-5-19(25)15-21(22)26)18-3-6-20(7-4-18)29-11-13-32-14-12-29/h3-8,15-16H,2,9-14H2,1H3,(H,27,31). The van der Waals surface area contributed by atoms with Gasteiger partial charge in [-0.3, -0.25) is 4.79 Å². The van der Waals surface area contributed by atoms with Crippen molar-refractivity contribution in [3.8, 4) is 11.3 Å². The van der Waals surface area contributed by atoms with Gasteiger partial charge >= 0.3 is 0 Å². The van der Waals surface area contributed by atoms with Crippen molar-refractivity contribution >= 4 is 51.8 Å². The predicted molar refractivity (Wildman–Crippen MR) is 136 cm³/mol. The van der Waals surface area contributed by atoms with Gasteiger partial charge in [0.25, 0.3) is 0 Å². The number of thiazole rings is 1. The number of anilines is 1. The molecule has 3 aromatic rings. The van der Waals surface area contributed by atoms with Crippen molar-refractivity contribution in [3.05, 3.63) is 62.7 Å². The molecule has 9 heteroatoms. The fraction of sp³-hybridized carbons (Fsp3) is 0.333. The molecule has 2 heterocycles. The van der Waals surface area contributed by atoms with Crippen LogP contribution in [0.5, 0.6) is 0 Å². The molecule has 1 aliphatic heterocycles. The van der Waals surface area contributed by atoms with Crippen molar-refractivity contribution in [1.29, 1.82) is 0 Å². The number of rotatable bonds is 7. The number of nitrogens with zero attached hydrogens (tertiary/aromatic N) is 3. The molecule has 4 rings (SSSR count). The number of amides is 1. The first-order valence-electron chi connectivity index (χ1n) is 10.9. The molecule has 0 bridgehead atoms. The summed E-state index contributed by atoms with van der Waals surface area (Å²) < 4.78 is 7.64. The van der Waals surface area contributed by atoms with E-state index in [0.717, 1.165) is 48.8 Å². The number of carbonyl (C=O) groups excluding carboxylic acids is 1. The summed E-state index contributed by atoms with van der Waals surface area (Å²) in [5.74, 6) is -0.0258. The number of hydrogen-bond acceptors (Lipinski definition) is 5. The van der Waals surface area contributed by atoms with Gasteiger partial charge in [-0.25, -0.2) is 4.99 Å². The number of carbonyl (C=O) groups is 1. The quantitative estimate of drug-likeness (QED) is 0.454. The lowest BCUT2D eigenvalue weighted by Crippen LogP contribution is -2.36. The molecule has 1 aromatic heterocycles. The van der Waals surface area contributed by atoms with E-state index in [1.165, 1.54) is 12.6 Å². The summed E-state index contributed by atoms with van der Waals surface area (Å²) in [5.41, 5.74) is 4.08. The topological polar surface area (TPSA) is 58.9 Å². The molecule has 174 valence electrons. The summed E-state index contributed by atoms with van der Waals surface area (Å²) in [6, 6.07) is 13.9. The molecule has 0 spiro atoms. The number of hydrogen-bond donors (Lipinski definition) is 1. The van der Waals surface area contributed by atoms with Crippen molar-refractivity contribution in [2.45, 2.75) is 19.9 Å². The van der Waals surface area contributed by atoms with Crippen LogP contribution in [0.2, 0.25) is 10.0 Å². The monoisotopic (exact) mass is 504 g/mol. The summed E-state index contributed by atoms with van der Waals surface area (Å²) in [4.78, 5) is 19.3. The minimum atomic E-state index is -0.0258. The summed E-state index contributed by atoms with van der Waals surface area (Å²) >= 11 is 14.0. The maximum absolute atomic E-state index is 11.3. The van der Waals surface area contributed by atoms with Crippen LogP contribution in [-0.2, 0) is 16.1 Å². The summed E-state index contributed by atoms with van der Waals surface area (Å²) in [6.45, 7) is 6.20. The van der Waals surface area contributed by atoms with Crippen LogP contribution >= 0.6 is 34.5 Å². The van der Waals surface area contributed by atoms with E-state index >= 15 is 0 Å². The summed E-state index contributed by atoms with van der Waals surface area (Å²) in [7, 11) is 0. The van der Waals surface area contributed by atoms with Crippen LogP contribution in [0, 0.1) is 0 Å². The molecular formula is C24H26Cl2N4O2S. The molecule has 1 fully saturated rings. The highest BCUT2D eigenvalue weighted by Gasteiger charge is 2.13.